The number of nitrogens with one attached hydrogen (secondary N) is 1. The molecule has 1 aromatic heterocycles. The van der Waals surface area contributed by atoms with Crippen molar-refractivity contribution in [2.45, 2.75) is 39.5 Å². The Bertz CT molecular complexity index is 744. The quantitative estimate of drug-likeness (QED) is 0.931. The van der Waals surface area contributed by atoms with E-state index in [9.17, 15) is 9.59 Å². The molecule has 1 N–H and O–H groups in total. The van der Waals surface area contributed by atoms with E-state index < -0.39 is 11.7 Å². The lowest BCUT2D eigenvalue weighted by Crippen LogP contribution is -2.33. The molecule has 2 amide bonds. The molecule has 1 heterocycles. The summed E-state index contributed by atoms with van der Waals surface area (Å²) in [6.45, 7) is 5.76. The van der Waals surface area contributed by atoms with E-state index in [2.05, 4.69) is 10.3 Å². The molecule has 0 atom stereocenters. The summed E-state index contributed by atoms with van der Waals surface area (Å²) in [5.41, 5.74) is 1.07. The maximum absolute atomic E-state index is 12.1. The molecule has 0 saturated carbocycles. The van der Waals surface area contributed by atoms with Crippen molar-refractivity contribution in [1.82, 2.24) is 19.8 Å². The second-order valence-corrected chi connectivity index (χ2v) is 6.75. The van der Waals surface area contributed by atoms with Crippen LogP contribution < -0.4 is 5.32 Å². The van der Waals surface area contributed by atoms with Gasteiger partial charge in [0.25, 0.3) is 0 Å². The number of amides is 2. The Morgan fingerprint density at radius 2 is 1.92 bits per heavy atom. The van der Waals surface area contributed by atoms with Crippen molar-refractivity contribution >= 4 is 23.0 Å². The lowest BCUT2D eigenvalue weighted by atomic mass is 10.2. The number of nitrogens with zero attached hydrogens (tertiary/aromatic N) is 3. The number of para-hydroxylation sites is 2. The first-order valence-electron chi connectivity index (χ1n) is 7.78. The highest BCUT2D eigenvalue weighted by Crippen LogP contribution is 2.16. The molecule has 2 aromatic rings. The van der Waals surface area contributed by atoms with Crippen LogP contribution in [-0.2, 0) is 22.6 Å². The Morgan fingerprint density at radius 3 is 2.54 bits per heavy atom. The smallest absolute Gasteiger partial charge is 0.408 e. The lowest BCUT2D eigenvalue weighted by Gasteiger charge is -2.19. The zero-order valence-electron chi connectivity index (χ0n) is 14.8. The fourth-order valence-corrected chi connectivity index (χ4v) is 2.18. The SMILES string of the molecule is CN(C)C(=O)Cn1c(CNC(=O)OC(C)(C)C)nc2ccccc21. The third kappa shape index (κ3) is 4.47. The molecule has 0 unspecified atom stereocenters. The number of carbonyl (C=O) groups is 2. The van der Waals surface area contributed by atoms with Gasteiger partial charge in [0, 0.05) is 14.1 Å². The van der Waals surface area contributed by atoms with Gasteiger partial charge in [0.15, 0.2) is 0 Å². The van der Waals surface area contributed by atoms with E-state index >= 15 is 0 Å². The van der Waals surface area contributed by atoms with Crippen LogP contribution >= 0.6 is 0 Å². The van der Waals surface area contributed by atoms with Crippen molar-refractivity contribution in [3.63, 3.8) is 0 Å². The molecule has 0 aliphatic heterocycles. The Kier molecular flexibility index (Phi) is 5.11. The van der Waals surface area contributed by atoms with Gasteiger partial charge in [-0.15, -0.1) is 0 Å². The first kappa shape index (κ1) is 17.8. The van der Waals surface area contributed by atoms with E-state index in [1.54, 1.807) is 34.9 Å². The van der Waals surface area contributed by atoms with Gasteiger partial charge in [-0.05, 0) is 32.9 Å². The van der Waals surface area contributed by atoms with Crippen molar-refractivity contribution in [1.29, 1.82) is 0 Å². The molecule has 0 saturated heterocycles. The molecule has 0 bridgehead atoms. The molecule has 0 aliphatic rings. The van der Waals surface area contributed by atoms with Gasteiger partial charge >= 0.3 is 6.09 Å². The van der Waals surface area contributed by atoms with Crippen molar-refractivity contribution in [3.05, 3.63) is 30.1 Å². The van der Waals surface area contributed by atoms with Gasteiger partial charge in [0.1, 0.15) is 18.0 Å². The minimum absolute atomic E-state index is 0.0447. The van der Waals surface area contributed by atoms with Crippen LogP contribution in [-0.4, -0.2) is 46.1 Å². The Morgan fingerprint density at radius 1 is 1.25 bits per heavy atom. The number of imidazole rings is 1. The molecule has 1 aromatic carbocycles. The van der Waals surface area contributed by atoms with E-state index in [1.165, 1.54) is 4.90 Å². The van der Waals surface area contributed by atoms with E-state index in [4.69, 9.17) is 4.74 Å². The van der Waals surface area contributed by atoms with E-state index in [1.807, 2.05) is 28.8 Å². The summed E-state index contributed by atoms with van der Waals surface area (Å²) >= 11 is 0. The van der Waals surface area contributed by atoms with E-state index in [-0.39, 0.29) is 19.0 Å². The maximum atomic E-state index is 12.1. The van der Waals surface area contributed by atoms with Gasteiger partial charge in [0.2, 0.25) is 5.91 Å². The number of benzene rings is 1. The number of hydrogen-bond donors (Lipinski definition) is 1. The average molecular weight is 332 g/mol. The molecular formula is C17H24N4O3. The molecular weight excluding hydrogens is 308 g/mol. The molecule has 0 spiro atoms. The third-order valence-corrected chi connectivity index (χ3v) is 3.32. The molecule has 7 nitrogen and oxygen atoms in total. The number of carbonyl (C=O) groups excluding carboxylic acids is 2. The predicted molar refractivity (Wildman–Crippen MR) is 91.5 cm³/mol. The first-order valence-corrected chi connectivity index (χ1v) is 7.78. The molecule has 24 heavy (non-hydrogen) atoms. The van der Waals surface area contributed by atoms with Crippen LogP contribution in [0, 0.1) is 0 Å². The highest BCUT2D eigenvalue weighted by Gasteiger charge is 2.18. The van der Waals surface area contributed by atoms with Crippen molar-refractivity contribution in [3.8, 4) is 0 Å². The zero-order valence-corrected chi connectivity index (χ0v) is 14.8. The Hall–Kier alpha value is -2.57. The van der Waals surface area contributed by atoms with Crippen LogP contribution in [0.5, 0.6) is 0 Å². The fourth-order valence-electron chi connectivity index (χ4n) is 2.18. The maximum Gasteiger partial charge on any atom is 0.408 e. The van der Waals surface area contributed by atoms with Gasteiger partial charge in [0.05, 0.1) is 17.6 Å². The van der Waals surface area contributed by atoms with Crippen LogP contribution in [0.2, 0.25) is 0 Å². The normalized spacial score (nSPS) is 11.4. The van der Waals surface area contributed by atoms with Gasteiger partial charge in [-0.3, -0.25) is 4.79 Å². The Balaban J connectivity index is 2.22. The first-order chi connectivity index (χ1) is 11.2. The zero-order chi connectivity index (χ0) is 17.9. The van der Waals surface area contributed by atoms with E-state index in [0.29, 0.717) is 5.82 Å². The standard InChI is InChI=1S/C17H24N4O3/c1-17(2,3)24-16(23)18-10-14-19-12-8-6-7-9-13(12)21(14)11-15(22)20(4)5/h6-9H,10-11H2,1-5H3,(H,18,23). The van der Waals surface area contributed by atoms with Gasteiger partial charge in [-0.25, -0.2) is 9.78 Å². The minimum Gasteiger partial charge on any atom is -0.444 e. The number of aromatic nitrogens is 2. The second kappa shape index (κ2) is 6.90. The summed E-state index contributed by atoms with van der Waals surface area (Å²) in [6.07, 6.45) is -0.514. The van der Waals surface area contributed by atoms with Gasteiger partial charge < -0.3 is 19.5 Å². The number of rotatable bonds is 4. The van der Waals surface area contributed by atoms with Gasteiger partial charge in [-0.2, -0.15) is 0 Å². The van der Waals surface area contributed by atoms with E-state index in [0.717, 1.165) is 11.0 Å². The fraction of sp³-hybridized carbons (Fsp3) is 0.471. The molecule has 2 rings (SSSR count). The van der Waals surface area contributed by atoms with Crippen molar-refractivity contribution in [2.75, 3.05) is 14.1 Å². The summed E-state index contributed by atoms with van der Waals surface area (Å²) in [6, 6.07) is 7.56. The molecule has 130 valence electrons. The predicted octanol–water partition coefficient (Wildman–Crippen LogP) is 2.15. The summed E-state index contributed by atoms with van der Waals surface area (Å²) in [5, 5.41) is 2.69. The summed E-state index contributed by atoms with van der Waals surface area (Å²) in [7, 11) is 3.42. The number of alkyl carbamates (subject to hydrolysis) is 1. The van der Waals surface area contributed by atoms with Crippen molar-refractivity contribution < 1.29 is 14.3 Å². The van der Waals surface area contributed by atoms with Crippen LogP contribution in [0.4, 0.5) is 4.79 Å². The highest BCUT2D eigenvalue weighted by molar-refractivity contribution is 5.81. The van der Waals surface area contributed by atoms with Crippen LogP contribution in [0.25, 0.3) is 11.0 Å². The molecule has 0 radical (unpaired) electrons. The largest absolute Gasteiger partial charge is 0.444 e. The lowest BCUT2D eigenvalue weighted by molar-refractivity contribution is -0.129. The summed E-state index contributed by atoms with van der Waals surface area (Å²) < 4.78 is 7.04. The van der Waals surface area contributed by atoms with Crippen LogP contribution in [0.15, 0.2) is 24.3 Å². The topological polar surface area (TPSA) is 76.5 Å². The number of fused-ring (bicyclic) bond motifs is 1. The molecule has 0 fully saturated rings. The molecule has 0 aliphatic carbocycles. The highest BCUT2D eigenvalue weighted by atomic mass is 16.6. The number of hydrogen-bond acceptors (Lipinski definition) is 4. The average Bonchev–Trinajstić information content (AvgIpc) is 2.81. The summed E-state index contributed by atoms with van der Waals surface area (Å²) in [4.78, 5) is 30.0. The van der Waals surface area contributed by atoms with Gasteiger partial charge in [-0.1, -0.05) is 12.1 Å². The summed E-state index contributed by atoms with van der Waals surface area (Å²) in [5.74, 6) is 0.564. The number of ether oxygens (including phenoxy) is 1. The Labute approximate surface area is 141 Å². The number of likely N-dealkylation sites (N-methyl/N-ethyl adjacent to an activating group) is 1. The molecule has 7 heteroatoms. The van der Waals surface area contributed by atoms with Crippen LogP contribution in [0.1, 0.15) is 26.6 Å². The second-order valence-electron chi connectivity index (χ2n) is 6.75. The minimum atomic E-state index is -0.564. The monoisotopic (exact) mass is 332 g/mol. The third-order valence-electron chi connectivity index (χ3n) is 3.32. The van der Waals surface area contributed by atoms with Crippen LogP contribution in [0.3, 0.4) is 0 Å². The van der Waals surface area contributed by atoms with Crippen molar-refractivity contribution in [2.24, 2.45) is 0 Å².